The highest BCUT2D eigenvalue weighted by atomic mass is 79.9. The number of carbonyl (C=O) groups is 1. The number of urea groups is 1. The molecular weight excluding hydrogens is 330 g/mol. The number of hydrogen-bond donors (Lipinski definition) is 2. The molecule has 0 bridgehead atoms. The van der Waals surface area contributed by atoms with Crippen LogP contribution in [0.25, 0.3) is 0 Å². The van der Waals surface area contributed by atoms with Gasteiger partial charge in [0.15, 0.2) is 0 Å². The zero-order valence-corrected chi connectivity index (χ0v) is 13.6. The van der Waals surface area contributed by atoms with Gasteiger partial charge in [-0.15, -0.1) is 0 Å². The van der Waals surface area contributed by atoms with Crippen LogP contribution >= 0.6 is 15.9 Å². The first-order chi connectivity index (χ1) is 10.1. The van der Waals surface area contributed by atoms with E-state index in [1.54, 1.807) is 6.20 Å². The molecule has 0 unspecified atom stereocenters. The van der Waals surface area contributed by atoms with E-state index < -0.39 is 0 Å². The Kier molecular flexibility index (Phi) is 5.33. The number of rotatable bonds is 4. The van der Waals surface area contributed by atoms with Crippen LogP contribution in [0.4, 0.5) is 4.79 Å². The average molecular weight is 348 g/mol. The zero-order valence-electron chi connectivity index (χ0n) is 12.0. The summed E-state index contributed by atoms with van der Waals surface area (Å²) in [6.07, 6.45) is 1.72. The van der Waals surface area contributed by atoms with E-state index in [9.17, 15) is 4.79 Å². The van der Waals surface area contributed by atoms with Crippen molar-refractivity contribution in [2.75, 3.05) is 0 Å². The molecule has 2 N–H and O–H groups in total. The van der Waals surface area contributed by atoms with Crippen LogP contribution in [0.3, 0.4) is 0 Å². The lowest BCUT2D eigenvalue weighted by atomic mass is 10.1. The van der Waals surface area contributed by atoms with Crippen molar-refractivity contribution in [1.29, 1.82) is 0 Å². The van der Waals surface area contributed by atoms with E-state index >= 15 is 0 Å². The van der Waals surface area contributed by atoms with Gasteiger partial charge in [0.1, 0.15) is 0 Å². The monoisotopic (exact) mass is 347 g/mol. The predicted molar refractivity (Wildman–Crippen MR) is 86.9 cm³/mol. The summed E-state index contributed by atoms with van der Waals surface area (Å²) in [7, 11) is 0. The van der Waals surface area contributed by atoms with Crippen molar-refractivity contribution in [2.45, 2.75) is 25.9 Å². The molecule has 0 fully saturated rings. The first kappa shape index (κ1) is 15.5. The molecule has 0 aliphatic heterocycles. The summed E-state index contributed by atoms with van der Waals surface area (Å²) in [5, 5.41) is 5.81. The molecule has 1 aromatic heterocycles. The number of pyridine rings is 1. The maximum atomic E-state index is 12.0. The first-order valence-electron chi connectivity index (χ1n) is 6.79. The van der Waals surface area contributed by atoms with Crippen LogP contribution in [-0.4, -0.2) is 11.0 Å². The van der Waals surface area contributed by atoms with Crippen molar-refractivity contribution in [3.63, 3.8) is 0 Å². The summed E-state index contributed by atoms with van der Waals surface area (Å²) < 4.78 is 1.02. The van der Waals surface area contributed by atoms with Gasteiger partial charge in [-0.25, -0.2) is 4.79 Å². The molecule has 0 aliphatic rings. The van der Waals surface area contributed by atoms with Crippen LogP contribution in [0.2, 0.25) is 0 Å². The van der Waals surface area contributed by atoms with Gasteiger partial charge >= 0.3 is 6.03 Å². The van der Waals surface area contributed by atoms with E-state index in [2.05, 4.69) is 31.5 Å². The maximum Gasteiger partial charge on any atom is 0.315 e. The minimum absolute atomic E-state index is 0.0611. The molecule has 2 amide bonds. The van der Waals surface area contributed by atoms with Gasteiger partial charge in [0.25, 0.3) is 0 Å². The number of nitrogens with zero attached hydrogens (tertiary/aromatic N) is 1. The van der Waals surface area contributed by atoms with Crippen LogP contribution in [0.15, 0.2) is 53.1 Å². The lowest BCUT2D eigenvalue weighted by Gasteiger charge is -2.18. The van der Waals surface area contributed by atoms with Crippen molar-refractivity contribution in [2.24, 2.45) is 0 Å². The van der Waals surface area contributed by atoms with Gasteiger partial charge in [-0.05, 0) is 43.7 Å². The van der Waals surface area contributed by atoms with Gasteiger partial charge in [-0.3, -0.25) is 4.98 Å². The molecule has 0 spiro atoms. The molecule has 0 saturated carbocycles. The van der Waals surface area contributed by atoms with E-state index in [0.29, 0.717) is 0 Å². The van der Waals surface area contributed by atoms with E-state index in [1.165, 1.54) is 0 Å². The SMILES string of the molecule is C[C@H](NC(=O)N[C@H](C)c1ccccn1)c1ccc(Br)cc1. The largest absolute Gasteiger partial charge is 0.332 e. The second-order valence-corrected chi connectivity index (χ2v) is 5.78. The molecule has 1 aromatic carbocycles. The summed E-state index contributed by atoms with van der Waals surface area (Å²) in [5.74, 6) is 0. The molecule has 0 radical (unpaired) electrons. The number of amides is 2. The van der Waals surface area contributed by atoms with Crippen LogP contribution in [0.1, 0.15) is 37.2 Å². The Hall–Kier alpha value is -1.88. The molecule has 2 aromatic rings. The highest BCUT2D eigenvalue weighted by Gasteiger charge is 2.13. The number of benzene rings is 1. The zero-order chi connectivity index (χ0) is 15.2. The van der Waals surface area contributed by atoms with Crippen LogP contribution in [0.5, 0.6) is 0 Å². The lowest BCUT2D eigenvalue weighted by molar-refractivity contribution is 0.234. The van der Waals surface area contributed by atoms with Crippen LogP contribution in [0, 0.1) is 0 Å². The van der Waals surface area contributed by atoms with Crippen molar-refractivity contribution >= 4 is 22.0 Å². The van der Waals surface area contributed by atoms with Gasteiger partial charge in [0.2, 0.25) is 0 Å². The fraction of sp³-hybridized carbons (Fsp3) is 0.250. The molecule has 4 nitrogen and oxygen atoms in total. The quantitative estimate of drug-likeness (QED) is 0.879. The second kappa shape index (κ2) is 7.22. The highest BCUT2D eigenvalue weighted by molar-refractivity contribution is 9.10. The third kappa shape index (κ3) is 4.56. The number of hydrogen-bond acceptors (Lipinski definition) is 2. The smallest absolute Gasteiger partial charge is 0.315 e. The molecule has 110 valence electrons. The normalized spacial score (nSPS) is 13.3. The van der Waals surface area contributed by atoms with E-state index in [1.807, 2.05) is 56.3 Å². The fourth-order valence-electron chi connectivity index (χ4n) is 1.98. The molecule has 21 heavy (non-hydrogen) atoms. The van der Waals surface area contributed by atoms with E-state index in [0.717, 1.165) is 15.7 Å². The summed E-state index contributed by atoms with van der Waals surface area (Å²) >= 11 is 3.40. The number of carbonyl (C=O) groups excluding carboxylic acids is 1. The molecule has 5 heteroatoms. The number of nitrogens with one attached hydrogen (secondary N) is 2. The molecule has 0 aliphatic carbocycles. The Morgan fingerprint density at radius 3 is 2.33 bits per heavy atom. The van der Waals surface area contributed by atoms with Crippen LogP contribution in [-0.2, 0) is 0 Å². The molecule has 0 saturated heterocycles. The third-order valence-corrected chi connectivity index (χ3v) is 3.73. The summed E-state index contributed by atoms with van der Waals surface area (Å²) in [6.45, 7) is 3.86. The Bertz CT molecular complexity index is 586. The summed E-state index contributed by atoms with van der Waals surface area (Å²) in [4.78, 5) is 16.2. The Morgan fingerprint density at radius 1 is 1.05 bits per heavy atom. The predicted octanol–water partition coefficient (Wildman–Crippen LogP) is 3.97. The van der Waals surface area contributed by atoms with Gasteiger partial charge in [-0.1, -0.05) is 34.1 Å². The van der Waals surface area contributed by atoms with Gasteiger partial charge in [-0.2, -0.15) is 0 Å². The fourth-order valence-corrected chi connectivity index (χ4v) is 2.24. The van der Waals surface area contributed by atoms with Crippen molar-refractivity contribution in [1.82, 2.24) is 15.6 Å². The van der Waals surface area contributed by atoms with Crippen molar-refractivity contribution in [3.05, 3.63) is 64.4 Å². The van der Waals surface area contributed by atoms with Gasteiger partial charge in [0, 0.05) is 10.7 Å². The van der Waals surface area contributed by atoms with Crippen molar-refractivity contribution in [3.8, 4) is 0 Å². The topological polar surface area (TPSA) is 54.0 Å². The van der Waals surface area contributed by atoms with E-state index in [4.69, 9.17) is 0 Å². The average Bonchev–Trinajstić information content (AvgIpc) is 2.48. The van der Waals surface area contributed by atoms with Gasteiger partial charge in [0.05, 0.1) is 17.8 Å². The molecular formula is C16H18BrN3O. The molecule has 2 rings (SSSR count). The summed E-state index contributed by atoms with van der Waals surface area (Å²) in [6, 6.07) is 13.1. The minimum Gasteiger partial charge on any atom is -0.332 e. The second-order valence-electron chi connectivity index (χ2n) is 4.87. The maximum absolute atomic E-state index is 12.0. The lowest BCUT2D eigenvalue weighted by Crippen LogP contribution is -2.38. The highest BCUT2D eigenvalue weighted by Crippen LogP contribution is 2.16. The standard InChI is InChI=1S/C16H18BrN3O/c1-11(13-6-8-14(17)9-7-13)19-16(21)20-12(2)15-5-3-4-10-18-15/h3-12H,1-2H3,(H2,19,20,21)/t11-,12+/m0/s1. The van der Waals surface area contributed by atoms with Crippen molar-refractivity contribution < 1.29 is 4.79 Å². The third-order valence-electron chi connectivity index (χ3n) is 3.20. The van der Waals surface area contributed by atoms with E-state index in [-0.39, 0.29) is 18.1 Å². The Labute approximate surface area is 133 Å². The summed E-state index contributed by atoms with van der Waals surface area (Å²) in [5.41, 5.74) is 1.89. The van der Waals surface area contributed by atoms with Gasteiger partial charge < -0.3 is 10.6 Å². The molecule has 1 heterocycles. The number of aromatic nitrogens is 1. The Morgan fingerprint density at radius 2 is 1.71 bits per heavy atom. The molecule has 2 atom stereocenters. The Balaban J connectivity index is 1.91. The number of halogens is 1. The minimum atomic E-state index is -0.205. The first-order valence-corrected chi connectivity index (χ1v) is 7.59. The van der Waals surface area contributed by atoms with Crippen LogP contribution < -0.4 is 10.6 Å².